The van der Waals surface area contributed by atoms with Crippen LogP contribution in [-0.2, 0) is 20.6 Å². The normalized spacial score (nSPS) is 19.6. The monoisotopic (exact) mass is 296 g/mol. The maximum absolute atomic E-state index is 12.0. The second kappa shape index (κ2) is 5.93. The number of hydrogen-bond acceptors (Lipinski definition) is 3. The predicted octanol–water partition coefficient (Wildman–Crippen LogP) is 0.893. The fraction of sp³-hybridized carbons (Fsp3) is 0.500. The summed E-state index contributed by atoms with van der Waals surface area (Å²) >= 11 is 0. The van der Waals surface area contributed by atoms with Crippen molar-refractivity contribution in [2.75, 3.05) is 20.1 Å². The Morgan fingerprint density at radius 3 is 2.75 bits per heavy atom. The summed E-state index contributed by atoms with van der Waals surface area (Å²) in [4.78, 5) is 13.0. The molecule has 0 radical (unpaired) electrons. The first-order valence-corrected chi connectivity index (χ1v) is 8.28. The number of amides is 1. The Morgan fingerprint density at radius 1 is 1.40 bits per heavy atom. The molecule has 1 heterocycles. The van der Waals surface area contributed by atoms with Crippen molar-refractivity contribution < 1.29 is 13.2 Å². The molecule has 0 aliphatic carbocycles. The number of nitrogens with one attached hydrogen (secondary N) is 1. The third kappa shape index (κ3) is 4.05. The number of hydrogen-bond donors (Lipinski definition) is 1. The van der Waals surface area contributed by atoms with Gasteiger partial charge in [-0.1, -0.05) is 29.8 Å². The van der Waals surface area contributed by atoms with Crippen LogP contribution >= 0.6 is 0 Å². The van der Waals surface area contributed by atoms with Crippen LogP contribution in [0.15, 0.2) is 24.3 Å². The highest BCUT2D eigenvalue weighted by Gasteiger charge is 2.27. The Kier molecular flexibility index (Phi) is 4.45. The van der Waals surface area contributed by atoms with E-state index in [9.17, 15) is 13.2 Å². The van der Waals surface area contributed by atoms with E-state index < -0.39 is 10.0 Å². The van der Waals surface area contributed by atoms with Crippen molar-refractivity contribution in [3.8, 4) is 0 Å². The minimum absolute atomic E-state index is 0.0226. The molecule has 0 saturated carbocycles. The summed E-state index contributed by atoms with van der Waals surface area (Å²) in [6.07, 6.45) is 0.420. The second-order valence-electron chi connectivity index (χ2n) is 5.44. The molecule has 1 aliphatic rings. The van der Waals surface area contributed by atoms with Crippen molar-refractivity contribution in [3.05, 3.63) is 35.4 Å². The van der Waals surface area contributed by atoms with Crippen LogP contribution in [0.25, 0.3) is 0 Å². The Balaban J connectivity index is 1.90. The van der Waals surface area contributed by atoms with Gasteiger partial charge < -0.3 is 4.90 Å². The summed E-state index contributed by atoms with van der Waals surface area (Å²) in [7, 11) is -1.61. The SMILES string of the molecule is Cc1cccc(CS(=O)(=O)NCC2CC(=O)N(C)C2)c1. The summed E-state index contributed by atoms with van der Waals surface area (Å²) in [5.41, 5.74) is 1.82. The molecule has 0 spiro atoms. The average molecular weight is 296 g/mol. The zero-order valence-corrected chi connectivity index (χ0v) is 12.6. The lowest BCUT2D eigenvalue weighted by Gasteiger charge is -2.12. The summed E-state index contributed by atoms with van der Waals surface area (Å²) in [6.45, 7) is 2.87. The van der Waals surface area contributed by atoms with Gasteiger partial charge in [-0.05, 0) is 18.4 Å². The molecule has 110 valence electrons. The summed E-state index contributed by atoms with van der Waals surface area (Å²) in [6, 6.07) is 7.46. The maximum atomic E-state index is 12.0. The van der Waals surface area contributed by atoms with Crippen LogP contribution in [-0.4, -0.2) is 39.4 Å². The van der Waals surface area contributed by atoms with Gasteiger partial charge in [0.25, 0.3) is 0 Å². The van der Waals surface area contributed by atoms with Gasteiger partial charge in [-0.2, -0.15) is 0 Å². The Morgan fingerprint density at radius 2 is 2.15 bits per heavy atom. The van der Waals surface area contributed by atoms with E-state index in [2.05, 4.69) is 4.72 Å². The number of carbonyl (C=O) groups is 1. The number of likely N-dealkylation sites (tertiary alicyclic amines) is 1. The molecule has 20 heavy (non-hydrogen) atoms. The van der Waals surface area contributed by atoms with Crippen LogP contribution in [0, 0.1) is 12.8 Å². The van der Waals surface area contributed by atoms with Crippen molar-refractivity contribution in [1.82, 2.24) is 9.62 Å². The van der Waals surface area contributed by atoms with Crippen molar-refractivity contribution in [3.63, 3.8) is 0 Å². The molecule has 1 fully saturated rings. The van der Waals surface area contributed by atoms with E-state index in [1.807, 2.05) is 25.1 Å². The lowest BCUT2D eigenvalue weighted by atomic mass is 10.1. The topological polar surface area (TPSA) is 66.5 Å². The van der Waals surface area contributed by atoms with Crippen LogP contribution in [0.2, 0.25) is 0 Å². The first kappa shape index (κ1) is 15.0. The molecule has 1 saturated heterocycles. The Labute approximate surface area is 120 Å². The van der Waals surface area contributed by atoms with Crippen LogP contribution in [0.3, 0.4) is 0 Å². The minimum atomic E-state index is -3.35. The minimum Gasteiger partial charge on any atom is -0.345 e. The number of carbonyl (C=O) groups excluding carboxylic acids is 1. The molecule has 5 nitrogen and oxygen atoms in total. The zero-order chi connectivity index (χ0) is 14.8. The van der Waals surface area contributed by atoms with Crippen LogP contribution in [0.1, 0.15) is 17.5 Å². The standard InChI is InChI=1S/C14H20N2O3S/c1-11-4-3-5-12(6-11)10-20(18,19)15-8-13-7-14(17)16(2)9-13/h3-6,13,15H,7-10H2,1-2H3. The van der Waals surface area contributed by atoms with Gasteiger partial charge in [-0.3, -0.25) is 4.79 Å². The predicted molar refractivity (Wildman–Crippen MR) is 77.5 cm³/mol. The molecule has 0 aromatic heterocycles. The molecule has 6 heteroatoms. The first-order valence-electron chi connectivity index (χ1n) is 6.62. The van der Waals surface area contributed by atoms with Gasteiger partial charge in [0.05, 0.1) is 5.75 Å². The van der Waals surface area contributed by atoms with Gasteiger partial charge in [-0.15, -0.1) is 0 Å². The van der Waals surface area contributed by atoms with Crippen molar-refractivity contribution >= 4 is 15.9 Å². The Bertz CT molecular complexity index is 598. The summed E-state index contributed by atoms with van der Waals surface area (Å²) < 4.78 is 26.6. The highest BCUT2D eigenvalue weighted by atomic mass is 32.2. The molecule has 2 rings (SSSR count). The average Bonchev–Trinajstić information content (AvgIpc) is 2.66. The lowest BCUT2D eigenvalue weighted by Crippen LogP contribution is -2.31. The number of sulfonamides is 1. The fourth-order valence-corrected chi connectivity index (χ4v) is 3.62. The van der Waals surface area contributed by atoms with E-state index in [1.54, 1.807) is 18.0 Å². The molecular weight excluding hydrogens is 276 g/mol. The molecule has 1 atom stereocenters. The van der Waals surface area contributed by atoms with Crippen molar-refractivity contribution in [2.45, 2.75) is 19.1 Å². The van der Waals surface area contributed by atoms with Gasteiger partial charge >= 0.3 is 0 Å². The molecule has 0 bridgehead atoms. The van der Waals surface area contributed by atoms with Crippen molar-refractivity contribution in [2.24, 2.45) is 5.92 Å². The lowest BCUT2D eigenvalue weighted by molar-refractivity contribution is -0.126. The Hall–Kier alpha value is -1.40. The van der Waals surface area contributed by atoms with E-state index in [-0.39, 0.29) is 17.6 Å². The number of benzene rings is 1. The smallest absolute Gasteiger partial charge is 0.222 e. The third-order valence-corrected chi connectivity index (χ3v) is 4.77. The largest absolute Gasteiger partial charge is 0.345 e. The van der Waals surface area contributed by atoms with E-state index in [1.165, 1.54) is 0 Å². The summed E-state index contributed by atoms with van der Waals surface area (Å²) in [5.74, 6) is 0.123. The third-order valence-electron chi connectivity index (χ3n) is 3.45. The highest BCUT2D eigenvalue weighted by Crippen LogP contribution is 2.15. The maximum Gasteiger partial charge on any atom is 0.222 e. The van der Waals surface area contributed by atoms with E-state index in [0.717, 1.165) is 11.1 Å². The number of rotatable bonds is 5. The molecule has 1 aromatic carbocycles. The van der Waals surface area contributed by atoms with Gasteiger partial charge in [0, 0.05) is 26.6 Å². The van der Waals surface area contributed by atoms with Crippen LogP contribution < -0.4 is 4.72 Å². The van der Waals surface area contributed by atoms with Crippen molar-refractivity contribution in [1.29, 1.82) is 0 Å². The highest BCUT2D eigenvalue weighted by molar-refractivity contribution is 7.88. The molecule has 1 aromatic rings. The number of aryl methyl sites for hydroxylation is 1. The molecule has 1 aliphatic heterocycles. The van der Waals surface area contributed by atoms with Gasteiger partial charge in [0.2, 0.25) is 15.9 Å². The first-order chi connectivity index (χ1) is 9.35. The van der Waals surface area contributed by atoms with Crippen LogP contribution in [0.4, 0.5) is 0 Å². The fourth-order valence-electron chi connectivity index (χ4n) is 2.41. The molecule has 1 amide bonds. The second-order valence-corrected chi connectivity index (χ2v) is 7.25. The molecule has 1 unspecified atom stereocenters. The summed E-state index contributed by atoms with van der Waals surface area (Å²) in [5, 5.41) is 0. The van der Waals surface area contributed by atoms with Gasteiger partial charge in [-0.25, -0.2) is 13.1 Å². The van der Waals surface area contributed by atoms with E-state index in [0.29, 0.717) is 19.5 Å². The quantitative estimate of drug-likeness (QED) is 0.877. The van der Waals surface area contributed by atoms with E-state index >= 15 is 0 Å². The zero-order valence-electron chi connectivity index (χ0n) is 11.8. The van der Waals surface area contributed by atoms with E-state index in [4.69, 9.17) is 0 Å². The van der Waals surface area contributed by atoms with Gasteiger partial charge in [0.15, 0.2) is 0 Å². The molecule has 1 N–H and O–H groups in total. The molecular formula is C14H20N2O3S. The number of nitrogens with zero attached hydrogens (tertiary/aromatic N) is 1. The van der Waals surface area contributed by atoms with Gasteiger partial charge in [0.1, 0.15) is 0 Å². The van der Waals surface area contributed by atoms with Crippen LogP contribution in [0.5, 0.6) is 0 Å².